The molecule has 1 fully saturated rings. The third kappa shape index (κ3) is 2.52. The fourth-order valence-electron chi connectivity index (χ4n) is 2.45. The molecule has 2 aromatic rings. The molecule has 3 rings (SSSR count). The van der Waals surface area contributed by atoms with E-state index in [1.807, 2.05) is 37.1 Å². The first-order valence-corrected chi connectivity index (χ1v) is 6.60. The van der Waals surface area contributed by atoms with Gasteiger partial charge < -0.3 is 14.6 Å². The molecule has 5 nitrogen and oxygen atoms in total. The number of pyridine rings is 1. The highest BCUT2D eigenvalue weighted by atomic mass is 16.5. The van der Waals surface area contributed by atoms with Crippen LogP contribution in [0.25, 0.3) is 0 Å². The Kier molecular flexibility index (Phi) is 3.57. The number of nitrogens with zero attached hydrogens (tertiary/aromatic N) is 3. The molecule has 0 aliphatic carbocycles. The molecule has 1 aliphatic heterocycles. The summed E-state index contributed by atoms with van der Waals surface area (Å²) in [5, 5.41) is 3.35. The third-order valence-electron chi connectivity index (χ3n) is 3.56. The second-order valence-corrected chi connectivity index (χ2v) is 4.75. The summed E-state index contributed by atoms with van der Waals surface area (Å²) in [4.78, 5) is 8.35. The quantitative estimate of drug-likeness (QED) is 0.907. The van der Waals surface area contributed by atoms with Gasteiger partial charge in [-0.3, -0.25) is 4.98 Å². The van der Waals surface area contributed by atoms with E-state index in [9.17, 15) is 0 Å². The van der Waals surface area contributed by atoms with E-state index in [1.54, 1.807) is 0 Å². The lowest BCUT2D eigenvalue weighted by atomic mass is 10.1. The van der Waals surface area contributed by atoms with Crippen molar-refractivity contribution in [2.24, 2.45) is 0 Å². The average Bonchev–Trinajstić information content (AvgIpc) is 2.98. The first-order valence-electron chi connectivity index (χ1n) is 6.60. The summed E-state index contributed by atoms with van der Waals surface area (Å²) < 4.78 is 7.99. The van der Waals surface area contributed by atoms with Gasteiger partial charge in [-0.05, 0) is 24.6 Å². The molecule has 2 unspecified atom stereocenters. The van der Waals surface area contributed by atoms with Gasteiger partial charge in [0.2, 0.25) is 0 Å². The van der Waals surface area contributed by atoms with E-state index in [0.29, 0.717) is 0 Å². The van der Waals surface area contributed by atoms with Crippen LogP contribution >= 0.6 is 0 Å². The third-order valence-corrected chi connectivity index (χ3v) is 3.56. The van der Waals surface area contributed by atoms with E-state index < -0.39 is 0 Å². The molecule has 0 amide bonds. The minimum Gasteiger partial charge on any atom is -0.369 e. The van der Waals surface area contributed by atoms with Crippen LogP contribution in [0.4, 0.5) is 0 Å². The summed E-state index contributed by atoms with van der Waals surface area (Å²) in [5.74, 6) is 0. The molecule has 1 saturated heterocycles. The monoisotopic (exact) mass is 258 g/mol. The molecule has 0 radical (unpaired) electrons. The molecule has 0 bridgehead atoms. The van der Waals surface area contributed by atoms with Crippen molar-refractivity contribution in [1.82, 2.24) is 19.9 Å². The van der Waals surface area contributed by atoms with E-state index in [0.717, 1.165) is 25.4 Å². The molecule has 1 aliphatic rings. The second-order valence-electron chi connectivity index (χ2n) is 4.75. The SMILES string of the molecule is CC(c1ccncc1)n1cncc1C1CNCCO1. The zero-order valence-corrected chi connectivity index (χ0v) is 11.0. The molecule has 5 heteroatoms. The Bertz CT molecular complexity index is 519. The molecule has 2 aromatic heterocycles. The molecular formula is C14H18N4O. The van der Waals surface area contributed by atoms with Crippen molar-refractivity contribution >= 4 is 0 Å². The van der Waals surface area contributed by atoms with Gasteiger partial charge in [-0.25, -0.2) is 4.98 Å². The normalized spacial score (nSPS) is 21.2. The van der Waals surface area contributed by atoms with Crippen molar-refractivity contribution in [3.63, 3.8) is 0 Å². The predicted molar refractivity (Wildman–Crippen MR) is 71.8 cm³/mol. The molecule has 19 heavy (non-hydrogen) atoms. The maximum Gasteiger partial charge on any atom is 0.111 e. The molecule has 0 aromatic carbocycles. The lowest BCUT2D eigenvalue weighted by molar-refractivity contribution is 0.0224. The Morgan fingerprint density at radius 1 is 1.37 bits per heavy atom. The van der Waals surface area contributed by atoms with Gasteiger partial charge in [-0.1, -0.05) is 0 Å². The summed E-state index contributed by atoms with van der Waals surface area (Å²) in [7, 11) is 0. The summed E-state index contributed by atoms with van der Waals surface area (Å²) in [6.45, 7) is 4.68. The van der Waals surface area contributed by atoms with Crippen LogP contribution in [0.5, 0.6) is 0 Å². The van der Waals surface area contributed by atoms with Crippen molar-refractivity contribution in [3.05, 3.63) is 48.3 Å². The van der Waals surface area contributed by atoms with Crippen LogP contribution in [-0.2, 0) is 4.74 Å². The standard InChI is InChI=1S/C14H18N4O/c1-11(12-2-4-15-5-3-12)18-10-17-8-13(18)14-9-16-6-7-19-14/h2-5,8,10-11,14,16H,6-7,9H2,1H3. The molecule has 3 heterocycles. The lowest BCUT2D eigenvalue weighted by Crippen LogP contribution is -2.34. The van der Waals surface area contributed by atoms with Crippen molar-refractivity contribution in [2.45, 2.75) is 19.1 Å². The van der Waals surface area contributed by atoms with E-state index in [4.69, 9.17) is 4.74 Å². The zero-order chi connectivity index (χ0) is 13.1. The van der Waals surface area contributed by atoms with Gasteiger partial charge >= 0.3 is 0 Å². The topological polar surface area (TPSA) is 52.0 Å². The van der Waals surface area contributed by atoms with Gasteiger partial charge in [0.25, 0.3) is 0 Å². The van der Waals surface area contributed by atoms with E-state index in [-0.39, 0.29) is 12.1 Å². The average molecular weight is 258 g/mol. The Balaban J connectivity index is 1.87. The van der Waals surface area contributed by atoms with Crippen molar-refractivity contribution < 1.29 is 4.74 Å². The zero-order valence-electron chi connectivity index (χ0n) is 11.0. The summed E-state index contributed by atoms with van der Waals surface area (Å²) in [5.41, 5.74) is 2.34. The van der Waals surface area contributed by atoms with Crippen LogP contribution in [0, 0.1) is 0 Å². The van der Waals surface area contributed by atoms with E-state index in [1.165, 1.54) is 5.56 Å². The van der Waals surface area contributed by atoms with Gasteiger partial charge in [0.05, 0.1) is 30.9 Å². The van der Waals surface area contributed by atoms with E-state index >= 15 is 0 Å². The fraction of sp³-hybridized carbons (Fsp3) is 0.429. The molecular weight excluding hydrogens is 240 g/mol. The molecule has 2 atom stereocenters. The Morgan fingerprint density at radius 2 is 2.21 bits per heavy atom. The number of hydrogen-bond donors (Lipinski definition) is 1. The van der Waals surface area contributed by atoms with Crippen LogP contribution in [0.2, 0.25) is 0 Å². The summed E-state index contributed by atoms with van der Waals surface area (Å²) in [6.07, 6.45) is 7.50. The van der Waals surface area contributed by atoms with Crippen LogP contribution in [0.15, 0.2) is 37.1 Å². The van der Waals surface area contributed by atoms with Crippen LogP contribution in [0.1, 0.15) is 30.3 Å². The first-order chi connectivity index (χ1) is 9.36. The number of ether oxygens (including phenoxy) is 1. The van der Waals surface area contributed by atoms with E-state index in [2.05, 4.69) is 26.8 Å². The van der Waals surface area contributed by atoms with Crippen LogP contribution < -0.4 is 5.32 Å². The Hall–Kier alpha value is -1.72. The van der Waals surface area contributed by atoms with Gasteiger partial charge in [0, 0.05) is 25.5 Å². The number of aromatic nitrogens is 3. The van der Waals surface area contributed by atoms with Crippen LogP contribution in [0.3, 0.4) is 0 Å². The summed E-state index contributed by atoms with van der Waals surface area (Å²) >= 11 is 0. The van der Waals surface area contributed by atoms with Gasteiger partial charge in [-0.15, -0.1) is 0 Å². The maximum absolute atomic E-state index is 5.81. The molecule has 0 spiro atoms. The number of hydrogen-bond acceptors (Lipinski definition) is 4. The first kappa shape index (κ1) is 12.3. The number of nitrogens with one attached hydrogen (secondary N) is 1. The minimum absolute atomic E-state index is 0.0838. The van der Waals surface area contributed by atoms with Crippen molar-refractivity contribution in [1.29, 1.82) is 0 Å². The van der Waals surface area contributed by atoms with Gasteiger partial charge in [-0.2, -0.15) is 0 Å². The van der Waals surface area contributed by atoms with Crippen LogP contribution in [-0.4, -0.2) is 34.2 Å². The number of morpholine rings is 1. The molecule has 0 saturated carbocycles. The van der Waals surface area contributed by atoms with Gasteiger partial charge in [0.15, 0.2) is 0 Å². The maximum atomic E-state index is 5.81. The van der Waals surface area contributed by atoms with Crippen molar-refractivity contribution in [3.8, 4) is 0 Å². The minimum atomic E-state index is 0.0838. The smallest absolute Gasteiger partial charge is 0.111 e. The number of rotatable bonds is 3. The summed E-state index contributed by atoms with van der Waals surface area (Å²) in [6, 6.07) is 4.30. The molecule has 1 N–H and O–H groups in total. The fourth-order valence-corrected chi connectivity index (χ4v) is 2.45. The predicted octanol–water partition coefficient (Wildman–Crippen LogP) is 1.55. The Labute approximate surface area is 112 Å². The highest BCUT2D eigenvalue weighted by Crippen LogP contribution is 2.25. The van der Waals surface area contributed by atoms with Gasteiger partial charge in [0.1, 0.15) is 6.10 Å². The second kappa shape index (κ2) is 5.50. The number of imidazole rings is 1. The largest absolute Gasteiger partial charge is 0.369 e. The van der Waals surface area contributed by atoms with Crippen molar-refractivity contribution in [2.75, 3.05) is 19.7 Å². The lowest BCUT2D eigenvalue weighted by Gasteiger charge is -2.26. The Morgan fingerprint density at radius 3 is 2.95 bits per heavy atom. The highest BCUT2D eigenvalue weighted by molar-refractivity contribution is 5.18. The highest BCUT2D eigenvalue weighted by Gasteiger charge is 2.21. The molecule has 100 valence electrons.